The lowest BCUT2D eigenvalue weighted by molar-refractivity contribution is -0.0112. The van der Waals surface area contributed by atoms with Crippen LogP contribution in [0.15, 0.2) is 0 Å². The van der Waals surface area contributed by atoms with Gasteiger partial charge in [0.2, 0.25) is 0 Å². The molecule has 0 heterocycles. The minimum absolute atomic E-state index is 0.190. The van der Waals surface area contributed by atoms with Crippen molar-refractivity contribution in [3.05, 3.63) is 0 Å². The highest BCUT2D eigenvalue weighted by Gasteiger charge is 2.40. The standard InChI is InChI=1S/C11H23NO/c1-3-11(6-4-5-7-11)10(13)9(2)8-12/h9-10,13H,3-8,12H2,1-2H3. The summed E-state index contributed by atoms with van der Waals surface area (Å²) in [7, 11) is 0. The molecule has 0 aromatic heterocycles. The summed E-state index contributed by atoms with van der Waals surface area (Å²) in [6.45, 7) is 4.85. The summed E-state index contributed by atoms with van der Waals surface area (Å²) in [5.74, 6) is 0.248. The van der Waals surface area contributed by atoms with Crippen LogP contribution in [-0.2, 0) is 0 Å². The molecule has 0 saturated heterocycles. The quantitative estimate of drug-likeness (QED) is 0.703. The molecule has 0 amide bonds. The Morgan fingerprint density at radius 2 is 1.92 bits per heavy atom. The van der Waals surface area contributed by atoms with Gasteiger partial charge in [0, 0.05) is 0 Å². The van der Waals surface area contributed by atoms with Gasteiger partial charge in [-0.05, 0) is 37.1 Å². The zero-order valence-corrected chi connectivity index (χ0v) is 8.92. The summed E-state index contributed by atoms with van der Waals surface area (Å²) in [4.78, 5) is 0. The summed E-state index contributed by atoms with van der Waals surface area (Å²) >= 11 is 0. The lowest BCUT2D eigenvalue weighted by Crippen LogP contribution is -2.39. The summed E-state index contributed by atoms with van der Waals surface area (Å²) in [5.41, 5.74) is 5.79. The van der Waals surface area contributed by atoms with Gasteiger partial charge in [-0.25, -0.2) is 0 Å². The Labute approximate surface area is 81.5 Å². The van der Waals surface area contributed by atoms with Crippen LogP contribution in [0.25, 0.3) is 0 Å². The van der Waals surface area contributed by atoms with Crippen LogP contribution in [0.4, 0.5) is 0 Å². The molecule has 1 aliphatic rings. The molecule has 13 heavy (non-hydrogen) atoms. The lowest BCUT2D eigenvalue weighted by atomic mass is 9.73. The number of hydrogen-bond acceptors (Lipinski definition) is 2. The molecule has 3 N–H and O–H groups in total. The Balaban J connectivity index is 2.64. The summed E-state index contributed by atoms with van der Waals surface area (Å²) < 4.78 is 0. The SMILES string of the molecule is CCC1(C(O)C(C)CN)CCCC1. The molecule has 1 saturated carbocycles. The van der Waals surface area contributed by atoms with E-state index < -0.39 is 0 Å². The van der Waals surface area contributed by atoms with Crippen LogP contribution >= 0.6 is 0 Å². The van der Waals surface area contributed by atoms with Gasteiger partial charge in [0.05, 0.1) is 6.10 Å². The van der Waals surface area contributed by atoms with Crippen molar-refractivity contribution >= 4 is 0 Å². The summed E-state index contributed by atoms with van der Waals surface area (Å²) in [6.07, 6.45) is 5.84. The highest BCUT2D eigenvalue weighted by molar-refractivity contribution is 4.91. The van der Waals surface area contributed by atoms with Gasteiger partial charge in [-0.15, -0.1) is 0 Å². The van der Waals surface area contributed by atoms with Gasteiger partial charge in [0.15, 0.2) is 0 Å². The van der Waals surface area contributed by atoms with E-state index in [0.29, 0.717) is 6.54 Å². The summed E-state index contributed by atoms with van der Waals surface area (Å²) in [5, 5.41) is 10.2. The second-order valence-electron chi connectivity index (χ2n) is 4.58. The first kappa shape index (κ1) is 11.0. The maximum absolute atomic E-state index is 10.2. The Kier molecular flexibility index (Phi) is 3.74. The lowest BCUT2D eigenvalue weighted by Gasteiger charge is -2.36. The fourth-order valence-electron chi connectivity index (χ4n) is 2.67. The molecular weight excluding hydrogens is 162 g/mol. The average molecular weight is 185 g/mol. The number of rotatable bonds is 4. The molecule has 0 bridgehead atoms. The van der Waals surface area contributed by atoms with Gasteiger partial charge >= 0.3 is 0 Å². The van der Waals surface area contributed by atoms with Gasteiger partial charge in [-0.2, -0.15) is 0 Å². The van der Waals surface area contributed by atoms with Crippen LogP contribution in [0.5, 0.6) is 0 Å². The number of aliphatic hydroxyl groups is 1. The van der Waals surface area contributed by atoms with Gasteiger partial charge in [0.25, 0.3) is 0 Å². The van der Waals surface area contributed by atoms with E-state index in [1.54, 1.807) is 0 Å². The molecule has 0 radical (unpaired) electrons. The van der Waals surface area contributed by atoms with Crippen LogP contribution in [-0.4, -0.2) is 17.8 Å². The third-order valence-electron chi connectivity index (χ3n) is 3.84. The predicted octanol–water partition coefficient (Wildman–Crippen LogP) is 1.91. The molecule has 78 valence electrons. The first-order valence-corrected chi connectivity index (χ1v) is 5.54. The number of aliphatic hydroxyl groups excluding tert-OH is 1. The highest BCUT2D eigenvalue weighted by Crippen LogP contribution is 2.45. The molecule has 0 aromatic carbocycles. The van der Waals surface area contributed by atoms with Crippen molar-refractivity contribution in [1.82, 2.24) is 0 Å². The maximum atomic E-state index is 10.2. The molecule has 1 aliphatic carbocycles. The first-order valence-electron chi connectivity index (χ1n) is 5.54. The number of nitrogens with two attached hydrogens (primary N) is 1. The monoisotopic (exact) mass is 185 g/mol. The molecule has 0 spiro atoms. The van der Waals surface area contributed by atoms with Crippen LogP contribution in [0.1, 0.15) is 46.0 Å². The smallest absolute Gasteiger partial charge is 0.0633 e. The van der Waals surface area contributed by atoms with Gasteiger partial charge in [0.1, 0.15) is 0 Å². The van der Waals surface area contributed by atoms with Crippen molar-refractivity contribution in [1.29, 1.82) is 0 Å². The van der Waals surface area contributed by atoms with Crippen LogP contribution in [0.3, 0.4) is 0 Å². The average Bonchev–Trinajstić information content (AvgIpc) is 2.65. The Bertz CT molecular complexity index is 152. The molecule has 0 aliphatic heterocycles. The van der Waals surface area contributed by atoms with Crippen molar-refractivity contribution in [3.8, 4) is 0 Å². The zero-order chi connectivity index (χ0) is 9.90. The zero-order valence-electron chi connectivity index (χ0n) is 8.92. The van der Waals surface area contributed by atoms with Crippen LogP contribution < -0.4 is 5.73 Å². The largest absolute Gasteiger partial charge is 0.392 e. The van der Waals surface area contributed by atoms with Crippen molar-refractivity contribution in [2.75, 3.05) is 6.54 Å². The molecule has 1 rings (SSSR count). The Morgan fingerprint density at radius 1 is 1.38 bits per heavy atom. The molecule has 0 aromatic rings. The maximum Gasteiger partial charge on any atom is 0.0633 e. The van der Waals surface area contributed by atoms with E-state index in [9.17, 15) is 5.11 Å². The molecule has 2 nitrogen and oxygen atoms in total. The van der Waals surface area contributed by atoms with Crippen molar-refractivity contribution in [2.45, 2.75) is 52.1 Å². The van der Waals surface area contributed by atoms with E-state index in [4.69, 9.17) is 5.73 Å². The highest BCUT2D eigenvalue weighted by atomic mass is 16.3. The molecular formula is C11H23NO. The first-order chi connectivity index (χ1) is 6.16. The minimum Gasteiger partial charge on any atom is -0.392 e. The van der Waals surface area contributed by atoms with Crippen LogP contribution in [0, 0.1) is 11.3 Å². The molecule has 1 fully saturated rings. The Morgan fingerprint density at radius 3 is 2.31 bits per heavy atom. The summed E-state index contributed by atoms with van der Waals surface area (Å²) in [6, 6.07) is 0. The third-order valence-corrected chi connectivity index (χ3v) is 3.84. The predicted molar refractivity (Wildman–Crippen MR) is 55.4 cm³/mol. The van der Waals surface area contributed by atoms with Crippen molar-refractivity contribution < 1.29 is 5.11 Å². The molecule has 2 unspecified atom stereocenters. The van der Waals surface area contributed by atoms with E-state index in [-0.39, 0.29) is 17.4 Å². The van der Waals surface area contributed by atoms with E-state index in [1.807, 2.05) is 0 Å². The normalized spacial score (nSPS) is 25.8. The van der Waals surface area contributed by atoms with Crippen molar-refractivity contribution in [2.24, 2.45) is 17.1 Å². The van der Waals surface area contributed by atoms with Gasteiger partial charge in [-0.3, -0.25) is 0 Å². The van der Waals surface area contributed by atoms with E-state index >= 15 is 0 Å². The fourth-order valence-corrected chi connectivity index (χ4v) is 2.67. The van der Waals surface area contributed by atoms with E-state index in [2.05, 4.69) is 13.8 Å². The topological polar surface area (TPSA) is 46.2 Å². The third kappa shape index (κ3) is 2.05. The Hall–Kier alpha value is -0.0800. The number of hydrogen-bond donors (Lipinski definition) is 2. The fraction of sp³-hybridized carbons (Fsp3) is 1.00. The van der Waals surface area contributed by atoms with Crippen molar-refractivity contribution in [3.63, 3.8) is 0 Å². The molecule has 2 heteroatoms. The molecule has 2 atom stereocenters. The van der Waals surface area contributed by atoms with E-state index in [0.717, 1.165) is 6.42 Å². The second kappa shape index (κ2) is 4.43. The van der Waals surface area contributed by atoms with Gasteiger partial charge in [-0.1, -0.05) is 26.7 Å². The minimum atomic E-state index is -0.190. The van der Waals surface area contributed by atoms with E-state index in [1.165, 1.54) is 25.7 Å². The van der Waals surface area contributed by atoms with Gasteiger partial charge < -0.3 is 10.8 Å². The second-order valence-corrected chi connectivity index (χ2v) is 4.58. The van der Waals surface area contributed by atoms with Crippen LogP contribution in [0.2, 0.25) is 0 Å².